The molecule has 0 amide bonds. The van der Waals surface area contributed by atoms with Gasteiger partial charge < -0.3 is 9.47 Å². The molecule has 0 aliphatic heterocycles. The normalized spacial score (nSPS) is 20.0. The third-order valence-corrected chi connectivity index (χ3v) is 5.23. The summed E-state index contributed by atoms with van der Waals surface area (Å²) in [5, 5.41) is 0.824. The van der Waals surface area contributed by atoms with Crippen LogP contribution in [-0.2, 0) is 21.5 Å². The Morgan fingerprint density at radius 2 is 1.68 bits per heavy atom. The molecule has 0 aromatic heterocycles. The van der Waals surface area contributed by atoms with Crippen molar-refractivity contribution in [3.8, 4) is 5.75 Å². The molecule has 1 fully saturated rings. The van der Waals surface area contributed by atoms with E-state index in [4.69, 9.17) is 9.47 Å². The van der Waals surface area contributed by atoms with Crippen molar-refractivity contribution in [2.24, 2.45) is 5.92 Å². The van der Waals surface area contributed by atoms with E-state index in [1.54, 1.807) is 0 Å². The van der Waals surface area contributed by atoms with Crippen molar-refractivity contribution < 1.29 is 14.3 Å². The molecule has 2 aromatic rings. The lowest BCUT2D eigenvalue weighted by Crippen LogP contribution is -2.29. The predicted molar refractivity (Wildman–Crippen MR) is 102 cm³/mol. The molecule has 3 rings (SSSR count). The predicted octanol–water partition coefficient (Wildman–Crippen LogP) is 5.26. The Kier molecular flexibility index (Phi) is 6.51. The van der Waals surface area contributed by atoms with Gasteiger partial charge in [0.05, 0.1) is 12.0 Å². The van der Waals surface area contributed by atoms with Gasteiger partial charge in [-0.3, -0.25) is 4.79 Å². The van der Waals surface area contributed by atoms with Crippen LogP contribution in [0, 0.1) is 5.92 Å². The van der Waals surface area contributed by atoms with Crippen LogP contribution in [0.4, 0.5) is 0 Å². The number of ether oxygens (including phenoxy) is 2. The highest BCUT2D eigenvalue weighted by molar-refractivity contribution is 9.08. The molecule has 1 aliphatic carbocycles. The van der Waals surface area contributed by atoms with E-state index in [2.05, 4.69) is 28.1 Å². The van der Waals surface area contributed by atoms with E-state index in [9.17, 15) is 4.79 Å². The molecule has 1 aliphatic rings. The van der Waals surface area contributed by atoms with Crippen molar-refractivity contribution in [1.82, 2.24) is 0 Å². The topological polar surface area (TPSA) is 35.5 Å². The monoisotopic (exact) mass is 402 g/mol. The molecule has 1 saturated carbocycles. The van der Waals surface area contributed by atoms with Gasteiger partial charge in [-0.2, -0.15) is 0 Å². The molecule has 0 bridgehead atoms. The maximum absolute atomic E-state index is 12.3. The highest BCUT2D eigenvalue weighted by Crippen LogP contribution is 2.29. The Morgan fingerprint density at radius 3 is 2.40 bits per heavy atom. The van der Waals surface area contributed by atoms with Crippen molar-refractivity contribution in [3.63, 3.8) is 0 Å². The SMILES string of the molecule is O=C(OCc1ccccc1)[C@H]1CC[C@H](Oc2cccc(CBr)c2)CC1. The van der Waals surface area contributed by atoms with Crippen LogP contribution >= 0.6 is 15.9 Å². The fourth-order valence-electron chi connectivity index (χ4n) is 3.16. The average Bonchev–Trinajstić information content (AvgIpc) is 2.67. The molecule has 0 heterocycles. The van der Waals surface area contributed by atoms with E-state index in [0.29, 0.717) is 6.61 Å². The smallest absolute Gasteiger partial charge is 0.309 e. The first-order chi connectivity index (χ1) is 12.2. The van der Waals surface area contributed by atoms with Gasteiger partial charge in [0.25, 0.3) is 0 Å². The van der Waals surface area contributed by atoms with Crippen LogP contribution in [0.5, 0.6) is 5.75 Å². The molecule has 0 N–H and O–H groups in total. The molecule has 0 radical (unpaired) electrons. The number of esters is 1. The molecule has 0 spiro atoms. The minimum absolute atomic E-state index is 0.00237. The molecule has 0 atom stereocenters. The first-order valence-corrected chi connectivity index (χ1v) is 9.89. The van der Waals surface area contributed by atoms with Gasteiger partial charge in [0.1, 0.15) is 12.4 Å². The Balaban J connectivity index is 1.44. The highest BCUT2D eigenvalue weighted by Gasteiger charge is 2.28. The van der Waals surface area contributed by atoms with Crippen LogP contribution in [-0.4, -0.2) is 12.1 Å². The first-order valence-electron chi connectivity index (χ1n) is 8.76. The van der Waals surface area contributed by atoms with E-state index in [-0.39, 0.29) is 18.0 Å². The Morgan fingerprint density at radius 1 is 0.960 bits per heavy atom. The molecular formula is C21H23BrO3. The van der Waals surface area contributed by atoms with Crippen molar-refractivity contribution >= 4 is 21.9 Å². The number of alkyl halides is 1. The third-order valence-electron chi connectivity index (χ3n) is 4.59. The van der Waals surface area contributed by atoms with Crippen LogP contribution in [0.25, 0.3) is 0 Å². The second-order valence-electron chi connectivity index (χ2n) is 6.47. The summed E-state index contributed by atoms with van der Waals surface area (Å²) in [5.41, 5.74) is 2.23. The van der Waals surface area contributed by atoms with Gasteiger partial charge in [-0.1, -0.05) is 58.4 Å². The summed E-state index contributed by atoms with van der Waals surface area (Å²) in [6.07, 6.45) is 3.63. The van der Waals surface area contributed by atoms with Gasteiger partial charge in [-0.15, -0.1) is 0 Å². The second kappa shape index (κ2) is 9.04. The number of rotatable bonds is 6. The summed E-state index contributed by atoms with van der Waals surface area (Å²) in [6, 6.07) is 18.0. The molecule has 4 heteroatoms. The van der Waals surface area contributed by atoms with Crippen molar-refractivity contribution in [2.75, 3.05) is 0 Å². The van der Waals surface area contributed by atoms with Crippen molar-refractivity contribution in [1.29, 1.82) is 0 Å². The zero-order valence-electron chi connectivity index (χ0n) is 14.2. The van der Waals surface area contributed by atoms with Crippen LogP contribution in [0.2, 0.25) is 0 Å². The fraction of sp³-hybridized carbons (Fsp3) is 0.381. The highest BCUT2D eigenvalue weighted by atomic mass is 79.9. The van der Waals surface area contributed by atoms with E-state index >= 15 is 0 Å². The second-order valence-corrected chi connectivity index (χ2v) is 7.03. The minimum Gasteiger partial charge on any atom is -0.490 e. The maximum atomic E-state index is 12.3. The van der Waals surface area contributed by atoms with Crippen LogP contribution in [0.15, 0.2) is 54.6 Å². The molecule has 3 nitrogen and oxygen atoms in total. The molecular weight excluding hydrogens is 380 g/mol. The van der Waals surface area contributed by atoms with E-state index in [0.717, 1.165) is 42.3 Å². The van der Waals surface area contributed by atoms with E-state index in [1.165, 1.54) is 5.56 Å². The Bertz CT molecular complexity index is 679. The number of hydrogen-bond acceptors (Lipinski definition) is 3. The quantitative estimate of drug-likeness (QED) is 0.488. The minimum atomic E-state index is -0.0800. The largest absolute Gasteiger partial charge is 0.490 e. The average molecular weight is 403 g/mol. The number of benzene rings is 2. The lowest BCUT2D eigenvalue weighted by atomic mass is 9.87. The molecule has 132 valence electrons. The summed E-state index contributed by atoms with van der Waals surface area (Å²) in [5.74, 6) is 0.827. The first kappa shape index (κ1) is 18.0. The van der Waals surface area contributed by atoms with Gasteiger partial charge in [0.15, 0.2) is 0 Å². The van der Waals surface area contributed by atoms with Crippen LogP contribution in [0.3, 0.4) is 0 Å². The molecule has 25 heavy (non-hydrogen) atoms. The van der Waals surface area contributed by atoms with Crippen molar-refractivity contribution in [3.05, 3.63) is 65.7 Å². The summed E-state index contributed by atoms with van der Waals surface area (Å²) in [4.78, 5) is 12.3. The van der Waals surface area contributed by atoms with Gasteiger partial charge in [-0.05, 0) is 48.9 Å². The van der Waals surface area contributed by atoms with Gasteiger partial charge in [-0.25, -0.2) is 0 Å². The number of carbonyl (C=O) groups is 1. The standard InChI is InChI=1S/C21H23BrO3/c22-14-17-7-4-8-20(13-17)25-19-11-9-18(10-12-19)21(23)24-15-16-5-2-1-3-6-16/h1-8,13,18-19H,9-12,14-15H2/t18-,19-. The third kappa shape index (κ3) is 5.33. The van der Waals surface area contributed by atoms with Gasteiger partial charge in [0, 0.05) is 5.33 Å². The number of halogens is 1. The summed E-state index contributed by atoms with van der Waals surface area (Å²) >= 11 is 3.47. The fourth-order valence-corrected chi connectivity index (χ4v) is 3.51. The van der Waals surface area contributed by atoms with E-state index in [1.807, 2.05) is 42.5 Å². The lowest BCUT2D eigenvalue weighted by molar-refractivity contribution is -0.151. The summed E-state index contributed by atoms with van der Waals surface area (Å²) in [6.45, 7) is 0.357. The number of carbonyl (C=O) groups excluding carboxylic acids is 1. The Hall–Kier alpha value is -1.81. The van der Waals surface area contributed by atoms with Crippen LogP contribution < -0.4 is 4.74 Å². The number of hydrogen-bond donors (Lipinski definition) is 0. The van der Waals surface area contributed by atoms with Gasteiger partial charge in [0.2, 0.25) is 0 Å². The molecule has 0 unspecified atom stereocenters. The molecule has 2 aromatic carbocycles. The lowest BCUT2D eigenvalue weighted by Gasteiger charge is -2.28. The van der Waals surface area contributed by atoms with E-state index < -0.39 is 0 Å². The van der Waals surface area contributed by atoms with Crippen molar-refractivity contribution in [2.45, 2.75) is 43.7 Å². The zero-order valence-corrected chi connectivity index (χ0v) is 15.8. The molecule has 0 saturated heterocycles. The summed E-state index contributed by atoms with van der Waals surface area (Å²) < 4.78 is 11.5. The van der Waals surface area contributed by atoms with Crippen LogP contribution in [0.1, 0.15) is 36.8 Å². The maximum Gasteiger partial charge on any atom is 0.309 e. The Labute approximate surface area is 157 Å². The summed E-state index contributed by atoms with van der Waals surface area (Å²) in [7, 11) is 0. The zero-order chi connectivity index (χ0) is 17.5. The van der Waals surface area contributed by atoms with Gasteiger partial charge >= 0.3 is 5.97 Å².